The molecule has 2 amide bonds. The van der Waals surface area contributed by atoms with Gasteiger partial charge in [0, 0.05) is 25.0 Å². The Balaban J connectivity index is 1.61. The van der Waals surface area contributed by atoms with Crippen molar-refractivity contribution in [2.24, 2.45) is 0 Å². The van der Waals surface area contributed by atoms with Gasteiger partial charge in [0.2, 0.25) is 5.91 Å². The van der Waals surface area contributed by atoms with Crippen LogP contribution in [0.2, 0.25) is 0 Å². The number of para-hydroxylation sites is 2. The summed E-state index contributed by atoms with van der Waals surface area (Å²) in [5, 5.41) is 6.46. The predicted molar refractivity (Wildman–Crippen MR) is 92.1 cm³/mol. The highest BCUT2D eigenvalue weighted by Gasteiger charge is 2.31. The normalized spacial score (nSPS) is 26.5. The zero-order valence-electron chi connectivity index (χ0n) is 14.2. The summed E-state index contributed by atoms with van der Waals surface area (Å²) in [7, 11) is 0. The van der Waals surface area contributed by atoms with E-state index in [9.17, 15) is 9.59 Å². The third-order valence-corrected chi connectivity index (χ3v) is 4.74. The second kappa shape index (κ2) is 7.21. The van der Waals surface area contributed by atoms with Crippen LogP contribution in [0.1, 0.15) is 33.1 Å². The Kier molecular flexibility index (Phi) is 5.04. The quantitative estimate of drug-likeness (QED) is 0.876. The number of benzene rings is 1. The standard InChI is InChI=1S/C18H25N3O3/c1-12-14(6-5-10-19-12)20-17(22)9-11-21-15-7-3-4-8-16(15)24-13(2)18(21)23/h3-4,7-8,12-14,19H,5-6,9-11H2,1-2H3,(H,20,22). The molecule has 6 nitrogen and oxygen atoms in total. The maximum absolute atomic E-state index is 12.4. The summed E-state index contributed by atoms with van der Waals surface area (Å²) in [5.74, 6) is 0.573. The van der Waals surface area contributed by atoms with Crippen molar-refractivity contribution in [2.45, 2.75) is 51.3 Å². The van der Waals surface area contributed by atoms with Crippen LogP contribution in [-0.4, -0.2) is 43.1 Å². The molecule has 2 aliphatic heterocycles. The lowest BCUT2D eigenvalue weighted by atomic mass is 10.00. The molecule has 0 aliphatic carbocycles. The van der Waals surface area contributed by atoms with Gasteiger partial charge in [0.15, 0.2) is 6.10 Å². The van der Waals surface area contributed by atoms with Crippen LogP contribution in [0.25, 0.3) is 0 Å². The van der Waals surface area contributed by atoms with Crippen LogP contribution in [0.15, 0.2) is 24.3 Å². The summed E-state index contributed by atoms with van der Waals surface area (Å²) < 4.78 is 5.62. The van der Waals surface area contributed by atoms with Crippen LogP contribution in [0.3, 0.4) is 0 Å². The maximum atomic E-state index is 12.4. The minimum absolute atomic E-state index is 0.0139. The first-order chi connectivity index (χ1) is 11.6. The number of anilines is 1. The number of piperidine rings is 1. The summed E-state index contributed by atoms with van der Waals surface area (Å²) in [6.07, 6.45) is 1.83. The third kappa shape index (κ3) is 3.53. The molecule has 3 unspecified atom stereocenters. The highest BCUT2D eigenvalue weighted by Crippen LogP contribution is 2.33. The molecular weight excluding hydrogens is 306 g/mol. The molecule has 2 heterocycles. The van der Waals surface area contributed by atoms with Crippen molar-refractivity contribution in [3.63, 3.8) is 0 Å². The fourth-order valence-electron chi connectivity index (χ4n) is 3.32. The van der Waals surface area contributed by atoms with Crippen molar-refractivity contribution < 1.29 is 14.3 Å². The average molecular weight is 331 g/mol. The molecule has 2 aliphatic rings. The van der Waals surface area contributed by atoms with E-state index in [0.29, 0.717) is 12.3 Å². The number of nitrogens with one attached hydrogen (secondary N) is 2. The second-order valence-electron chi connectivity index (χ2n) is 6.53. The molecule has 2 N–H and O–H groups in total. The van der Waals surface area contributed by atoms with Gasteiger partial charge in [-0.2, -0.15) is 0 Å². The third-order valence-electron chi connectivity index (χ3n) is 4.74. The molecule has 0 saturated carbocycles. The number of nitrogens with zero attached hydrogens (tertiary/aromatic N) is 1. The average Bonchev–Trinajstić information content (AvgIpc) is 2.57. The number of rotatable bonds is 4. The zero-order valence-corrected chi connectivity index (χ0v) is 14.2. The second-order valence-corrected chi connectivity index (χ2v) is 6.53. The minimum Gasteiger partial charge on any atom is -0.479 e. The number of carbonyl (C=O) groups is 2. The molecule has 1 saturated heterocycles. The molecule has 0 radical (unpaired) electrons. The van der Waals surface area contributed by atoms with E-state index >= 15 is 0 Å². The summed E-state index contributed by atoms with van der Waals surface area (Å²) in [5.41, 5.74) is 0.737. The van der Waals surface area contributed by atoms with Gasteiger partial charge in [0.1, 0.15) is 5.75 Å². The highest BCUT2D eigenvalue weighted by molar-refractivity contribution is 6.00. The van der Waals surface area contributed by atoms with Gasteiger partial charge in [0.25, 0.3) is 5.91 Å². The molecule has 24 heavy (non-hydrogen) atoms. The van der Waals surface area contributed by atoms with Gasteiger partial charge in [-0.1, -0.05) is 12.1 Å². The molecule has 3 rings (SSSR count). The Morgan fingerprint density at radius 1 is 1.38 bits per heavy atom. The van der Waals surface area contributed by atoms with Crippen molar-refractivity contribution in [2.75, 3.05) is 18.0 Å². The van der Waals surface area contributed by atoms with Crippen LogP contribution in [0.5, 0.6) is 5.75 Å². The Morgan fingerprint density at radius 3 is 2.96 bits per heavy atom. The number of fused-ring (bicyclic) bond motifs is 1. The molecule has 0 spiro atoms. The highest BCUT2D eigenvalue weighted by atomic mass is 16.5. The van der Waals surface area contributed by atoms with Gasteiger partial charge < -0.3 is 20.3 Å². The van der Waals surface area contributed by atoms with E-state index < -0.39 is 6.10 Å². The van der Waals surface area contributed by atoms with Gasteiger partial charge >= 0.3 is 0 Å². The van der Waals surface area contributed by atoms with Gasteiger partial charge in [-0.3, -0.25) is 9.59 Å². The van der Waals surface area contributed by atoms with Crippen molar-refractivity contribution in [3.05, 3.63) is 24.3 Å². The largest absolute Gasteiger partial charge is 0.479 e. The van der Waals surface area contributed by atoms with Crippen LogP contribution < -0.4 is 20.3 Å². The van der Waals surface area contributed by atoms with Crippen LogP contribution in [0, 0.1) is 0 Å². The number of ether oxygens (including phenoxy) is 1. The van der Waals surface area contributed by atoms with Crippen molar-refractivity contribution in [3.8, 4) is 5.75 Å². The Bertz CT molecular complexity index is 619. The Morgan fingerprint density at radius 2 is 2.17 bits per heavy atom. The molecule has 6 heteroatoms. The smallest absolute Gasteiger partial charge is 0.267 e. The molecule has 0 bridgehead atoms. The summed E-state index contributed by atoms with van der Waals surface area (Å²) in [6, 6.07) is 7.90. The molecule has 3 atom stereocenters. The molecule has 0 aromatic heterocycles. The topological polar surface area (TPSA) is 70.7 Å². The summed E-state index contributed by atoms with van der Waals surface area (Å²) >= 11 is 0. The minimum atomic E-state index is -0.523. The molecule has 1 fully saturated rings. The Labute approximate surface area is 142 Å². The van der Waals surface area contributed by atoms with Crippen molar-refractivity contribution >= 4 is 17.5 Å². The number of hydrogen-bond donors (Lipinski definition) is 2. The van der Waals surface area contributed by atoms with E-state index in [-0.39, 0.29) is 30.3 Å². The molecule has 1 aromatic carbocycles. The number of amides is 2. The van der Waals surface area contributed by atoms with Gasteiger partial charge in [-0.25, -0.2) is 0 Å². The lowest BCUT2D eigenvalue weighted by Crippen LogP contribution is -2.52. The molecular formula is C18H25N3O3. The SMILES string of the molecule is CC1Oc2ccccc2N(CCC(=O)NC2CCCNC2C)C1=O. The lowest BCUT2D eigenvalue weighted by molar-refractivity contribution is -0.125. The van der Waals surface area contributed by atoms with Gasteiger partial charge in [-0.15, -0.1) is 0 Å². The van der Waals surface area contributed by atoms with E-state index in [0.717, 1.165) is 25.1 Å². The van der Waals surface area contributed by atoms with E-state index in [1.165, 1.54) is 0 Å². The lowest BCUT2D eigenvalue weighted by Gasteiger charge is -2.33. The summed E-state index contributed by atoms with van der Waals surface area (Å²) in [4.78, 5) is 26.4. The van der Waals surface area contributed by atoms with Gasteiger partial charge in [0.05, 0.1) is 5.69 Å². The first-order valence-corrected chi connectivity index (χ1v) is 8.66. The first-order valence-electron chi connectivity index (χ1n) is 8.66. The van der Waals surface area contributed by atoms with Crippen LogP contribution in [-0.2, 0) is 9.59 Å². The predicted octanol–water partition coefficient (Wildman–Crippen LogP) is 1.45. The fraction of sp³-hybridized carbons (Fsp3) is 0.556. The van der Waals surface area contributed by atoms with E-state index in [1.807, 2.05) is 24.3 Å². The fourth-order valence-corrected chi connectivity index (χ4v) is 3.32. The van der Waals surface area contributed by atoms with Crippen LogP contribution in [0.4, 0.5) is 5.69 Å². The molecule has 130 valence electrons. The van der Waals surface area contributed by atoms with E-state index in [4.69, 9.17) is 4.74 Å². The number of carbonyl (C=O) groups excluding carboxylic acids is 2. The van der Waals surface area contributed by atoms with Gasteiger partial charge in [-0.05, 0) is 45.4 Å². The Hall–Kier alpha value is -2.08. The zero-order chi connectivity index (χ0) is 17.1. The first kappa shape index (κ1) is 16.8. The molecule has 1 aromatic rings. The van der Waals surface area contributed by atoms with Crippen molar-refractivity contribution in [1.29, 1.82) is 0 Å². The van der Waals surface area contributed by atoms with E-state index in [2.05, 4.69) is 17.6 Å². The van der Waals surface area contributed by atoms with Crippen LogP contribution >= 0.6 is 0 Å². The van der Waals surface area contributed by atoms with E-state index in [1.54, 1.807) is 11.8 Å². The van der Waals surface area contributed by atoms with Crippen molar-refractivity contribution in [1.82, 2.24) is 10.6 Å². The summed E-state index contributed by atoms with van der Waals surface area (Å²) in [6.45, 7) is 5.20. The monoisotopic (exact) mass is 331 g/mol. The number of hydrogen-bond acceptors (Lipinski definition) is 4. The maximum Gasteiger partial charge on any atom is 0.267 e.